The third kappa shape index (κ3) is 4.93. The van der Waals surface area contributed by atoms with Gasteiger partial charge in [0.25, 0.3) is 0 Å². The predicted octanol–water partition coefficient (Wildman–Crippen LogP) is 5.07. The first-order valence-corrected chi connectivity index (χ1v) is 9.31. The highest BCUT2D eigenvalue weighted by Gasteiger charge is 2.27. The molecule has 0 heterocycles. The molecule has 2 aliphatic rings. The molecule has 0 aromatic carbocycles. The lowest BCUT2D eigenvalue weighted by Gasteiger charge is -2.23. The Hall–Kier alpha value is -1.64. The van der Waals surface area contributed by atoms with E-state index >= 15 is 0 Å². The third-order valence-electron chi connectivity index (χ3n) is 4.58. The van der Waals surface area contributed by atoms with Gasteiger partial charge in [-0.2, -0.15) is 0 Å². The van der Waals surface area contributed by atoms with E-state index in [-0.39, 0.29) is 17.3 Å². The van der Waals surface area contributed by atoms with Gasteiger partial charge in [0.2, 0.25) is 0 Å². The van der Waals surface area contributed by atoms with Crippen LogP contribution >= 0.6 is 0 Å². The highest BCUT2D eigenvalue weighted by molar-refractivity contribution is 6.18. The van der Waals surface area contributed by atoms with Crippen LogP contribution < -0.4 is 0 Å². The number of carbonyl (C=O) groups excluding carboxylic acids is 2. The summed E-state index contributed by atoms with van der Waals surface area (Å²) < 4.78 is 5.42. The van der Waals surface area contributed by atoms with Gasteiger partial charge in [0.15, 0.2) is 5.78 Å². The standard InChI is InChI=1S/C21H30O3/c1-15(2)14-24-21(23)19(16(3)22)20(17-10-6-4-7-11-17)18-12-8-5-9-13-18/h10,12,15H,4-9,11,13-14H2,1-3H3. The Balaban J connectivity index is 2.47. The molecule has 3 nitrogen and oxygen atoms in total. The van der Waals surface area contributed by atoms with Crippen LogP contribution in [0.1, 0.15) is 72.1 Å². The van der Waals surface area contributed by atoms with Crippen LogP contribution in [0, 0.1) is 5.92 Å². The van der Waals surface area contributed by atoms with Crippen molar-refractivity contribution in [1.82, 2.24) is 0 Å². The Morgan fingerprint density at radius 3 is 1.92 bits per heavy atom. The topological polar surface area (TPSA) is 43.4 Å². The zero-order valence-corrected chi connectivity index (χ0v) is 15.3. The minimum absolute atomic E-state index is 0.184. The number of hydrogen-bond acceptors (Lipinski definition) is 3. The maximum Gasteiger partial charge on any atom is 0.342 e. The second-order valence-electron chi connectivity index (χ2n) is 7.25. The van der Waals surface area contributed by atoms with Gasteiger partial charge in [-0.3, -0.25) is 4.79 Å². The van der Waals surface area contributed by atoms with Crippen LogP contribution in [-0.2, 0) is 14.3 Å². The van der Waals surface area contributed by atoms with E-state index in [1.807, 2.05) is 13.8 Å². The molecule has 24 heavy (non-hydrogen) atoms. The zero-order chi connectivity index (χ0) is 17.5. The number of ketones is 1. The summed E-state index contributed by atoms with van der Waals surface area (Å²) in [6, 6.07) is 0. The van der Waals surface area contributed by atoms with Gasteiger partial charge in [0.05, 0.1) is 6.61 Å². The van der Waals surface area contributed by atoms with Crippen molar-refractivity contribution < 1.29 is 14.3 Å². The molecular formula is C21H30O3. The molecular weight excluding hydrogens is 300 g/mol. The van der Waals surface area contributed by atoms with Crippen molar-refractivity contribution in [2.24, 2.45) is 5.92 Å². The van der Waals surface area contributed by atoms with E-state index in [1.54, 1.807) is 0 Å². The number of Topliss-reactive ketones (excluding diaryl/α,β-unsaturated/α-hetero) is 1. The fourth-order valence-electron chi connectivity index (χ4n) is 3.39. The molecule has 2 rings (SSSR count). The molecule has 132 valence electrons. The van der Waals surface area contributed by atoms with E-state index in [1.165, 1.54) is 30.9 Å². The Kier molecular flexibility index (Phi) is 7.01. The monoisotopic (exact) mass is 330 g/mol. The smallest absolute Gasteiger partial charge is 0.342 e. The summed E-state index contributed by atoms with van der Waals surface area (Å²) in [5.74, 6) is -0.380. The van der Waals surface area contributed by atoms with E-state index in [0.29, 0.717) is 6.61 Å². The second-order valence-corrected chi connectivity index (χ2v) is 7.25. The van der Waals surface area contributed by atoms with Crippen molar-refractivity contribution in [3.8, 4) is 0 Å². The molecule has 0 amide bonds. The Labute approximate surface area is 145 Å². The van der Waals surface area contributed by atoms with Gasteiger partial charge in [-0.15, -0.1) is 0 Å². The minimum Gasteiger partial charge on any atom is -0.462 e. The average molecular weight is 330 g/mol. The zero-order valence-electron chi connectivity index (χ0n) is 15.3. The van der Waals surface area contributed by atoms with Crippen molar-refractivity contribution >= 4 is 11.8 Å². The van der Waals surface area contributed by atoms with E-state index < -0.39 is 5.97 Å². The van der Waals surface area contributed by atoms with Crippen LogP contribution in [0.4, 0.5) is 0 Å². The van der Waals surface area contributed by atoms with Gasteiger partial charge in [0.1, 0.15) is 5.57 Å². The molecule has 2 aliphatic carbocycles. The quantitative estimate of drug-likeness (QED) is 0.295. The molecule has 0 aromatic rings. The molecule has 0 radical (unpaired) electrons. The number of esters is 1. The van der Waals surface area contributed by atoms with Gasteiger partial charge in [-0.05, 0) is 80.9 Å². The normalized spacial score (nSPS) is 17.8. The summed E-state index contributed by atoms with van der Waals surface area (Å²) in [6.45, 7) is 5.83. The van der Waals surface area contributed by atoms with E-state index in [2.05, 4.69) is 12.2 Å². The number of allylic oxidation sites excluding steroid dienone is 5. The fraction of sp³-hybridized carbons (Fsp3) is 0.619. The number of carbonyl (C=O) groups is 2. The molecule has 3 heteroatoms. The lowest BCUT2D eigenvalue weighted by Crippen LogP contribution is -2.20. The number of ether oxygens (including phenoxy) is 1. The first-order chi connectivity index (χ1) is 11.5. The molecule has 0 aromatic heterocycles. The highest BCUT2D eigenvalue weighted by Crippen LogP contribution is 2.36. The number of rotatable bonds is 6. The minimum atomic E-state index is -0.454. The van der Waals surface area contributed by atoms with E-state index in [0.717, 1.165) is 44.1 Å². The molecule has 0 spiro atoms. The van der Waals surface area contributed by atoms with Gasteiger partial charge >= 0.3 is 5.97 Å². The van der Waals surface area contributed by atoms with Crippen molar-refractivity contribution in [2.75, 3.05) is 6.61 Å². The summed E-state index contributed by atoms with van der Waals surface area (Å²) in [6.07, 6.45) is 13.0. The van der Waals surface area contributed by atoms with Crippen molar-refractivity contribution in [3.63, 3.8) is 0 Å². The van der Waals surface area contributed by atoms with Crippen molar-refractivity contribution in [1.29, 1.82) is 0 Å². The molecule has 0 saturated carbocycles. The summed E-state index contributed by atoms with van der Waals surface area (Å²) in [4.78, 5) is 25.0. The van der Waals surface area contributed by atoms with Gasteiger partial charge in [-0.1, -0.05) is 26.0 Å². The predicted molar refractivity (Wildman–Crippen MR) is 96.6 cm³/mol. The van der Waals surface area contributed by atoms with Crippen molar-refractivity contribution in [2.45, 2.75) is 72.1 Å². The Morgan fingerprint density at radius 1 is 1.00 bits per heavy atom. The third-order valence-corrected chi connectivity index (χ3v) is 4.58. The Bertz CT molecular complexity index is 548. The summed E-state index contributed by atoms with van der Waals surface area (Å²) in [5.41, 5.74) is 3.48. The van der Waals surface area contributed by atoms with E-state index in [4.69, 9.17) is 4.74 Å². The first kappa shape index (κ1) is 18.7. The second kappa shape index (κ2) is 9.00. The highest BCUT2D eigenvalue weighted by atomic mass is 16.5. The molecule has 0 unspecified atom stereocenters. The van der Waals surface area contributed by atoms with Crippen LogP contribution in [0.15, 0.2) is 34.4 Å². The van der Waals surface area contributed by atoms with Crippen LogP contribution in [-0.4, -0.2) is 18.4 Å². The van der Waals surface area contributed by atoms with Crippen LogP contribution in [0.5, 0.6) is 0 Å². The van der Waals surface area contributed by atoms with Crippen LogP contribution in [0.25, 0.3) is 0 Å². The molecule has 0 saturated heterocycles. The molecule has 0 aliphatic heterocycles. The molecule has 0 bridgehead atoms. The Morgan fingerprint density at radius 2 is 1.54 bits per heavy atom. The van der Waals surface area contributed by atoms with Crippen LogP contribution in [0.2, 0.25) is 0 Å². The average Bonchev–Trinajstić information content (AvgIpc) is 2.58. The lowest BCUT2D eigenvalue weighted by molar-refractivity contribution is -0.141. The number of hydrogen-bond donors (Lipinski definition) is 0. The molecule has 0 fully saturated rings. The van der Waals surface area contributed by atoms with Gasteiger partial charge < -0.3 is 4.74 Å². The SMILES string of the molecule is CC(=O)C(C(=O)OCC(C)C)=C(C1=CCCCC1)C1=CCCCC1. The van der Waals surface area contributed by atoms with E-state index in [9.17, 15) is 9.59 Å². The lowest BCUT2D eigenvalue weighted by atomic mass is 9.81. The largest absolute Gasteiger partial charge is 0.462 e. The molecule has 0 atom stereocenters. The fourth-order valence-corrected chi connectivity index (χ4v) is 3.39. The van der Waals surface area contributed by atoms with Gasteiger partial charge in [0, 0.05) is 0 Å². The first-order valence-electron chi connectivity index (χ1n) is 9.31. The van der Waals surface area contributed by atoms with Gasteiger partial charge in [-0.25, -0.2) is 4.79 Å². The maximum atomic E-state index is 12.7. The summed E-state index contributed by atoms with van der Waals surface area (Å²) >= 11 is 0. The summed E-state index contributed by atoms with van der Waals surface area (Å²) in [5, 5.41) is 0. The maximum absolute atomic E-state index is 12.7. The molecule has 0 N–H and O–H groups in total. The van der Waals surface area contributed by atoms with Crippen molar-refractivity contribution in [3.05, 3.63) is 34.4 Å². The summed E-state index contributed by atoms with van der Waals surface area (Å²) in [7, 11) is 0. The van der Waals surface area contributed by atoms with Crippen LogP contribution in [0.3, 0.4) is 0 Å².